The Morgan fingerprint density at radius 2 is 2.06 bits per heavy atom. The second-order valence-corrected chi connectivity index (χ2v) is 4.94. The van der Waals surface area contributed by atoms with Gasteiger partial charge in [0.05, 0.1) is 5.52 Å². The van der Waals surface area contributed by atoms with E-state index in [1.807, 2.05) is 17.7 Å². The highest BCUT2D eigenvalue weighted by atomic mass is 19.1. The zero-order valence-electron chi connectivity index (χ0n) is 10.6. The number of nitrogens with zero attached hydrogens (tertiary/aromatic N) is 1. The molecular weight excluding hydrogens is 215 g/mol. The summed E-state index contributed by atoms with van der Waals surface area (Å²) in [4.78, 5) is 0. The molecule has 1 unspecified atom stereocenters. The van der Waals surface area contributed by atoms with Crippen molar-refractivity contribution >= 4 is 10.9 Å². The highest BCUT2D eigenvalue weighted by molar-refractivity contribution is 5.84. The zero-order chi connectivity index (χ0) is 12.6. The molecule has 0 saturated carbocycles. The molecule has 0 aliphatic heterocycles. The molecule has 1 heterocycles. The van der Waals surface area contributed by atoms with Gasteiger partial charge in [-0.2, -0.15) is 0 Å². The number of hydrogen-bond acceptors (Lipinski definition) is 1. The number of benzene rings is 1. The first-order valence-corrected chi connectivity index (χ1v) is 5.99. The van der Waals surface area contributed by atoms with Gasteiger partial charge in [-0.1, -0.05) is 13.8 Å². The lowest BCUT2D eigenvalue weighted by atomic mass is 9.88. The summed E-state index contributed by atoms with van der Waals surface area (Å²) in [6.07, 6.45) is 2.07. The van der Waals surface area contributed by atoms with E-state index in [0.29, 0.717) is 18.4 Å². The van der Waals surface area contributed by atoms with Crippen molar-refractivity contribution in [3.8, 4) is 0 Å². The molecule has 0 saturated heterocycles. The van der Waals surface area contributed by atoms with E-state index in [1.54, 1.807) is 6.07 Å². The maximum Gasteiger partial charge on any atom is 0.125 e. The molecule has 0 spiro atoms. The minimum atomic E-state index is -0.195. The van der Waals surface area contributed by atoms with Crippen molar-refractivity contribution in [3.05, 3.63) is 35.8 Å². The first-order valence-electron chi connectivity index (χ1n) is 5.99. The third-order valence-corrected chi connectivity index (χ3v) is 3.44. The van der Waals surface area contributed by atoms with E-state index in [4.69, 9.17) is 5.73 Å². The summed E-state index contributed by atoms with van der Waals surface area (Å²) < 4.78 is 15.2. The molecule has 92 valence electrons. The molecule has 2 nitrogen and oxygen atoms in total. The predicted molar refractivity (Wildman–Crippen MR) is 69.5 cm³/mol. The quantitative estimate of drug-likeness (QED) is 0.869. The van der Waals surface area contributed by atoms with Crippen LogP contribution in [0.2, 0.25) is 0 Å². The van der Waals surface area contributed by atoms with Crippen molar-refractivity contribution in [2.75, 3.05) is 6.54 Å². The number of aromatic nitrogens is 1. The molecule has 3 heteroatoms. The summed E-state index contributed by atoms with van der Waals surface area (Å²) in [5.74, 6) is 0.610. The molecule has 0 aliphatic rings. The van der Waals surface area contributed by atoms with Crippen molar-refractivity contribution in [1.29, 1.82) is 0 Å². The van der Waals surface area contributed by atoms with Gasteiger partial charge in [-0.15, -0.1) is 0 Å². The Morgan fingerprint density at radius 1 is 1.35 bits per heavy atom. The second kappa shape index (κ2) is 4.49. The number of fused-ring (bicyclic) bond motifs is 1. The van der Waals surface area contributed by atoms with E-state index in [0.717, 1.165) is 10.9 Å². The molecule has 1 aromatic heterocycles. The summed E-state index contributed by atoms with van der Waals surface area (Å²) >= 11 is 0. The van der Waals surface area contributed by atoms with Gasteiger partial charge >= 0.3 is 0 Å². The summed E-state index contributed by atoms with van der Waals surface area (Å²) in [7, 11) is 1.94. The van der Waals surface area contributed by atoms with Crippen molar-refractivity contribution in [2.45, 2.75) is 19.8 Å². The molecule has 2 rings (SSSR count). The Morgan fingerprint density at radius 3 is 2.65 bits per heavy atom. The highest BCUT2D eigenvalue weighted by Gasteiger charge is 2.19. The van der Waals surface area contributed by atoms with Crippen LogP contribution >= 0.6 is 0 Å². The fourth-order valence-electron chi connectivity index (χ4n) is 2.44. The molecule has 0 amide bonds. The molecule has 0 bridgehead atoms. The van der Waals surface area contributed by atoms with E-state index < -0.39 is 0 Å². The number of aryl methyl sites for hydroxylation is 1. The van der Waals surface area contributed by atoms with Gasteiger partial charge in [0.2, 0.25) is 0 Å². The Hall–Kier alpha value is -1.35. The summed E-state index contributed by atoms with van der Waals surface area (Å²) in [5.41, 5.74) is 8.00. The predicted octanol–water partition coefficient (Wildman–Crippen LogP) is 3.02. The van der Waals surface area contributed by atoms with Gasteiger partial charge in [0.1, 0.15) is 5.82 Å². The van der Waals surface area contributed by atoms with E-state index >= 15 is 0 Å². The molecule has 0 fully saturated rings. The van der Waals surface area contributed by atoms with Gasteiger partial charge in [-0.3, -0.25) is 0 Å². The third-order valence-electron chi connectivity index (χ3n) is 3.44. The smallest absolute Gasteiger partial charge is 0.125 e. The van der Waals surface area contributed by atoms with Crippen molar-refractivity contribution in [1.82, 2.24) is 4.57 Å². The van der Waals surface area contributed by atoms with Gasteiger partial charge in [-0.05, 0) is 36.2 Å². The summed E-state index contributed by atoms with van der Waals surface area (Å²) in [6.45, 7) is 4.95. The zero-order valence-corrected chi connectivity index (χ0v) is 10.6. The maximum atomic E-state index is 13.2. The number of halogens is 1. The van der Waals surface area contributed by atoms with Crippen LogP contribution in [0.1, 0.15) is 25.3 Å². The van der Waals surface area contributed by atoms with Gasteiger partial charge < -0.3 is 10.3 Å². The van der Waals surface area contributed by atoms with Gasteiger partial charge in [0.15, 0.2) is 0 Å². The van der Waals surface area contributed by atoms with Crippen LogP contribution in [0.5, 0.6) is 0 Å². The fourth-order valence-corrected chi connectivity index (χ4v) is 2.44. The van der Waals surface area contributed by atoms with Crippen LogP contribution in [-0.2, 0) is 7.05 Å². The van der Waals surface area contributed by atoms with Crippen LogP contribution in [0, 0.1) is 11.7 Å². The monoisotopic (exact) mass is 234 g/mol. The Labute approximate surface area is 101 Å². The van der Waals surface area contributed by atoms with Gasteiger partial charge in [0, 0.05) is 24.5 Å². The van der Waals surface area contributed by atoms with Gasteiger partial charge in [-0.25, -0.2) is 4.39 Å². The average Bonchev–Trinajstić information content (AvgIpc) is 2.57. The molecular formula is C14H19FN2. The lowest BCUT2D eigenvalue weighted by Gasteiger charge is -2.18. The van der Waals surface area contributed by atoms with Crippen molar-refractivity contribution < 1.29 is 4.39 Å². The fraction of sp³-hybridized carbons (Fsp3) is 0.429. The van der Waals surface area contributed by atoms with E-state index in [-0.39, 0.29) is 5.82 Å². The minimum Gasteiger partial charge on any atom is -0.350 e. The van der Waals surface area contributed by atoms with Crippen molar-refractivity contribution in [3.63, 3.8) is 0 Å². The van der Waals surface area contributed by atoms with Crippen LogP contribution in [0.3, 0.4) is 0 Å². The van der Waals surface area contributed by atoms with Crippen LogP contribution < -0.4 is 5.73 Å². The first-order chi connectivity index (χ1) is 8.04. The molecule has 1 aromatic carbocycles. The molecule has 17 heavy (non-hydrogen) atoms. The Balaban J connectivity index is 2.62. The normalized spacial score (nSPS) is 13.5. The second-order valence-electron chi connectivity index (χ2n) is 4.94. The Bertz CT molecular complexity index is 528. The lowest BCUT2D eigenvalue weighted by Crippen LogP contribution is -2.17. The standard InChI is InChI=1S/C14H19FN2/c1-9(2)12(7-16)13-8-17(3)14-6-10(15)4-5-11(13)14/h4-6,8-9,12H,7,16H2,1-3H3. The number of rotatable bonds is 3. The van der Waals surface area contributed by atoms with E-state index in [1.165, 1.54) is 11.6 Å². The topological polar surface area (TPSA) is 30.9 Å². The first kappa shape index (κ1) is 12.1. The molecule has 1 atom stereocenters. The van der Waals surface area contributed by atoms with E-state index in [2.05, 4.69) is 20.0 Å². The van der Waals surface area contributed by atoms with E-state index in [9.17, 15) is 4.39 Å². The van der Waals surface area contributed by atoms with Crippen LogP contribution in [0.25, 0.3) is 10.9 Å². The summed E-state index contributed by atoms with van der Waals surface area (Å²) in [5, 5.41) is 1.11. The molecule has 0 aliphatic carbocycles. The summed E-state index contributed by atoms with van der Waals surface area (Å²) in [6, 6.07) is 4.94. The van der Waals surface area contributed by atoms with Crippen LogP contribution in [0.15, 0.2) is 24.4 Å². The number of hydrogen-bond donors (Lipinski definition) is 1. The SMILES string of the molecule is CC(C)C(CN)c1cn(C)c2cc(F)ccc12. The van der Waals surface area contributed by atoms with Crippen LogP contribution in [-0.4, -0.2) is 11.1 Å². The lowest BCUT2D eigenvalue weighted by molar-refractivity contribution is 0.508. The van der Waals surface area contributed by atoms with Gasteiger partial charge in [0.25, 0.3) is 0 Å². The third kappa shape index (κ3) is 2.07. The maximum absolute atomic E-state index is 13.2. The average molecular weight is 234 g/mol. The molecule has 2 N–H and O–H groups in total. The largest absolute Gasteiger partial charge is 0.350 e. The Kier molecular flexibility index (Phi) is 3.20. The van der Waals surface area contributed by atoms with Crippen LogP contribution in [0.4, 0.5) is 4.39 Å². The molecule has 0 radical (unpaired) electrons. The highest BCUT2D eigenvalue weighted by Crippen LogP contribution is 2.31. The van der Waals surface area contributed by atoms with Crippen molar-refractivity contribution in [2.24, 2.45) is 18.7 Å². The number of nitrogens with two attached hydrogens (primary N) is 1. The molecule has 2 aromatic rings. The minimum absolute atomic E-state index is 0.195.